The summed E-state index contributed by atoms with van der Waals surface area (Å²) in [5.74, 6) is 0.241. The maximum Gasteiger partial charge on any atom is 0.337 e. The Kier molecular flexibility index (Phi) is 7.55. The van der Waals surface area contributed by atoms with E-state index in [2.05, 4.69) is 11.7 Å². The number of methoxy groups -OCH3 is 1. The largest absolute Gasteiger partial charge is 0.491 e. The summed E-state index contributed by atoms with van der Waals surface area (Å²) in [6, 6.07) is 4.97. The third kappa shape index (κ3) is 5.51. The predicted molar refractivity (Wildman–Crippen MR) is 81.1 cm³/mol. The van der Waals surface area contributed by atoms with Gasteiger partial charge in [-0.25, -0.2) is 4.79 Å². The summed E-state index contributed by atoms with van der Waals surface area (Å²) in [6.07, 6.45) is 7.34. The standard InChI is InChI=1S/C16H25NO3/c1-3-4-5-6-7-8-11-20-15-10-9-13(12-14(15)17)16(18)19-2/h9-10,12H,3-8,11,17H2,1-2H3. The van der Waals surface area contributed by atoms with Crippen molar-refractivity contribution in [3.63, 3.8) is 0 Å². The lowest BCUT2D eigenvalue weighted by atomic mass is 10.1. The minimum absolute atomic E-state index is 0.390. The second-order valence-electron chi connectivity index (χ2n) is 4.86. The van der Waals surface area contributed by atoms with E-state index in [0.29, 0.717) is 23.6 Å². The normalized spacial score (nSPS) is 10.3. The maximum atomic E-state index is 11.3. The average molecular weight is 279 g/mol. The van der Waals surface area contributed by atoms with Crippen LogP contribution in [0.25, 0.3) is 0 Å². The first-order chi connectivity index (χ1) is 9.69. The molecule has 4 nitrogen and oxygen atoms in total. The number of rotatable bonds is 9. The minimum Gasteiger partial charge on any atom is -0.491 e. The summed E-state index contributed by atoms with van der Waals surface area (Å²) in [7, 11) is 1.35. The van der Waals surface area contributed by atoms with E-state index in [1.54, 1.807) is 18.2 Å². The van der Waals surface area contributed by atoms with Gasteiger partial charge >= 0.3 is 5.97 Å². The number of nitrogens with two attached hydrogens (primary N) is 1. The van der Waals surface area contributed by atoms with Crippen molar-refractivity contribution in [2.24, 2.45) is 0 Å². The molecule has 0 spiro atoms. The van der Waals surface area contributed by atoms with Gasteiger partial charge in [0.05, 0.1) is 25.0 Å². The molecule has 0 bridgehead atoms. The van der Waals surface area contributed by atoms with Crippen LogP contribution in [-0.4, -0.2) is 19.7 Å². The maximum absolute atomic E-state index is 11.3. The lowest BCUT2D eigenvalue weighted by Crippen LogP contribution is -2.04. The molecule has 0 aliphatic heterocycles. The van der Waals surface area contributed by atoms with Gasteiger partial charge in [-0.3, -0.25) is 0 Å². The van der Waals surface area contributed by atoms with Crippen LogP contribution in [0.2, 0.25) is 0 Å². The lowest BCUT2D eigenvalue weighted by molar-refractivity contribution is 0.0601. The summed E-state index contributed by atoms with van der Waals surface area (Å²) >= 11 is 0. The van der Waals surface area contributed by atoms with Crippen LogP contribution in [0.15, 0.2) is 18.2 Å². The molecule has 0 unspecified atom stereocenters. The lowest BCUT2D eigenvalue weighted by Gasteiger charge is -2.09. The van der Waals surface area contributed by atoms with Gasteiger partial charge in [0.2, 0.25) is 0 Å². The molecule has 0 aromatic heterocycles. The van der Waals surface area contributed by atoms with Gasteiger partial charge < -0.3 is 15.2 Å². The number of carbonyl (C=O) groups is 1. The second kappa shape index (κ2) is 9.23. The fraction of sp³-hybridized carbons (Fsp3) is 0.562. The number of anilines is 1. The fourth-order valence-electron chi connectivity index (χ4n) is 1.99. The molecule has 4 heteroatoms. The van der Waals surface area contributed by atoms with E-state index in [4.69, 9.17) is 10.5 Å². The third-order valence-electron chi connectivity index (χ3n) is 3.19. The van der Waals surface area contributed by atoms with Gasteiger partial charge in [0.25, 0.3) is 0 Å². The molecule has 0 aliphatic rings. The molecular formula is C16H25NO3. The van der Waals surface area contributed by atoms with Crippen molar-refractivity contribution in [2.45, 2.75) is 45.4 Å². The summed E-state index contributed by atoms with van der Waals surface area (Å²) in [6.45, 7) is 2.87. The molecule has 0 heterocycles. The molecule has 1 aromatic carbocycles. The molecule has 20 heavy (non-hydrogen) atoms. The molecule has 1 aromatic rings. The van der Waals surface area contributed by atoms with Crippen molar-refractivity contribution in [2.75, 3.05) is 19.5 Å². The number of hydrogen-bond acceptors (Lipinski definition) is 4. The number of nitrogen functional groups attached to an aromatic ring is 1. The molecule has 0 saturated heterocycles. The van der Waals surface area contributed by atoms with Crippen LogP contribution in [0, 0.1) is 0 Å². The van der Waals surface area contributed by atoms with Crippen LogP contribution in [-0.2, 0) is 4.74 Å². The smallest absolute Gasteiger partial charge is 0.337 e. The van der Waals surface area contributed by atoms with Gasteiger partial charge in [-0.05, 0) is 24.6 Å². The molecule has 0 radical (unpaired) electrons. The van der Waals surface area contributed by atoms with Gasteiger partial charge in [0, 0.05) is 0 Å². The highest BCUT2D eigenvalue weighted by Gasteiger charge is 2.08. The summed E-state index contributed by atoms with van der Waals surface area (Å²) in [4.78, 5) is 11.3. The molecule has 1 rings (SSSR count). The van der Waals surface area contributed by atoms with Crippen LogP contribution in [0.3, 0.4) is 0 Å². The Balaban J connectivity index is 2.32. The molecule has 2 N–H and O–H groups in total. The Hall–Kier alpha value is -1.71. The number of ether oxygens (including phenoxy) is 2. The highest BCUT2D eigenvalue weighted by Crippen LogP contribution is 2.23. The van der Waals surface area contributed by atoms with E-state index in [1.165, 1.54) is 39.2 Å². The number of esters is 1. The summed E-state index contributed by atoms with van der Waals surface area (Å²) < 4.78 is 10.3. The number of hydrogen-bond donors (Lipinski definition) is 1. The van der Waals surface area contributed by atoms with Gasteiger partial charge in [-0.15, -0.1) is 0 Å². The average Bonchev–Trinajstić information content (AvgIpc) is 2.46. The van der Waals surface area contributed by atoms with Crippen molar-refractivity contribution < 1.29 is 14.3 Å². The summed E-state index contributed by atoms with van der Waals surface area (Å²) in [5, 5.41) is 0. The quantitative estimate of drug-likeness (QED) is 0.424. The zero-order valence-corrected chi connectivity index (χ0v) is 12.5. The van der Waals surface area contributed by atoms with Gasteiger partial charge in [-0.1, -0.05) is 39.0 Å². The summed E-state index contributed by atoms with van der Waals surface area (Å²) in [5.41, 5.74) is 6.77. The van der Waals surface area contributed by atoms with E-state index in [0.717, 1.165) is 6.42 Å². The van der Waals surface area contributed by atoms with E-state index in [1.807, 2.05) is 0 Å². The van der Waals surface area contributed by atoms with Gasteiger partial charge in [0.15, 0.2) is 0 Å². The first kappa shape index (κ1) is 16.3. The van der Waals surface area contributed by atoms with Crippen molar-refractivity contribution in [3.8, 4) is 5.75 Å². The topological polar surface area (TPSA) is 61.5 Å². The van der Waals surface area contributed by atoms with Gasteiger partial charge in [0.1, 0.15) is 5.75 Å². The third-order valence-corrected chi connectivity index (χ3v) is 3.19. The number of benzene rings is 1. The zero-order valence-electron chi connectivity index (χ0n) is 12.5. The molecule has 0 saturated carbocycles. The Labute approximate surface area is 121 Å². The van der Waals surface area contributed by atoms with Crippen molar-refractivity contribution in [1.82, 2.24) is 0 Å². The molecule has 112 valence electrons. The van der Waals surface area contributed by atoms with E-state index < -0.39 is 0 Å². The minimum atomic E-state index is -0.390. The van der Waals surface area contributed by atoms with Crippen LogP contribution in [0.1, 0.15) is 55.8 Å². The molecule has 0 aliphatic carbocycles. The van der Waals surface area contributed by atoms with Crippen LogP contribution in [0.5, 0.6) is 5.75 Å². The highest BCUT2D eigenvalue weighted by molar-refractivity contribution is 5.90. The zero-order chi connectivity index (χ0) is 14.8. The second-order valence-corrected chi connectivity index (χ2v) is 4.86. The molecule has 0 amide bonds. The predicted octanol–water partition coefficient (Wildman–Crippen LogP) is 3.79. The number of carbonyl (C=O) groups excluding carboxylic acids is 1. The first-order valence-electron chi connectivity index (χ1n) is 7.29. The molecule has 0 atom stereocenters. The SMILES string of the molecule is CCCCCCCCOc1ccc(C(=O)OC)cc1N. The van der Waals surface area contributed by atoms with Crippen LogP contribution >= 0.6 is 0 Å². The molecule has 0 fully saturated rings. The van der Waals surface area contributed by atoms with E-state index in [-0.39, 0.29) is 5.97 Å². The van der Waals surface area contributed by atoms with Crippen LogP contribution in [0.4, 0.5) is 5.69 Å². The fourth-order valence-corrected chi connectivity index (χ4v) is 1.99. The van der Waals surface area contributed by atoms with Crippen molar-refractivity contribution in [1.29, 1.82) is 0 Å². The Morgan fingerprint density at radius 3 is 2.50 bits per heavy atom. The Bertz CT molecular complexity index is 418. The Morgan fingerprint density at radius 1 is 1.15 bits per heavy atom. The highest BCUT2D eigenvalue weighted by atomic mass is 16.5. The van der Waals surface area contributed by atoms with Crippen molar-refractivity contribution >= 4 is 11.7 Å². The molecular weight excluding hydrogens is 254 g/mol. The Morgan fingerprint density at radius 2 is 1.85 bits per heavy atom. The van der Waals surface area contributed by atoms with Gasteiger partial charge in [-0.2, -0.15) is 0 Å². The van der Waals surface area contributed by atoms with E-state index >= 15 is 0 Å². The first-order valence-corrected chi connectivity index (χ1v) is 7.29. The number of unbranched alkanes of at least 4 members (excludes halogenated alkanes) is 5. The van der Waals surface area contributed by atoms with E-state index in [9.17, 15) is 4.79 Å². The monoisotopic (exact) mass is 279 g/mol. The van der Waals surface area contributed by atoms with Crippen LogP contribution < -0.4 is 10.5 Å². The van der Waals surface area contributed by atoms with Crippen molar-refractivity contribution in [3.05, 3.63) is 23.8 Å².